The average molecular weight is 348 g/mol. The molecule has 8 nitrogen and oxygen atoms in total. The first-order valence-corrected chi connectivity index (χ1v) is 8.53. The van der Waals surface area contributed by atoms with Crippen molar-refractivity contribution in [2.75, 3.05) is 5.75 Å². The Hall–Kier alpha value is -2.78. The summed E-state index contributed by atoms with van der Waals surface area (Å²) in [6.07, 6.45) is -0.125. The summed E-state index contributed by atoms with van der Waals surface area (Å²) >= 11 is 0. The van der Waals surface area contributed by atoms with Crippen molar-refractivity contribution in [1.29, 1.82) is 0 Å². The topological polar surface area (TPSA) is 124 Å². The van der Waals surface area contributed by atoms with E-state index in [0.717, 1.165) is 0 Å². The maximum Gasteiger partial charge on any atom is 0.272 e. The van der Waals surface area contributed by atoms with Crippen molar-refractivity contribution in [2.24, 2.45) is 0 Å². The molecule has 0 aliphatic heterocycles. The molecule has 0 amide bonds. The zero-order valence-corrected chi connectivity index (χ0v) is 13.1. The van der Waals surface area contributed by atoms with Crippen LogP contribution in [0.4, 0.5) is 5.69 Å². The Bertz CT molecular complexity index is 1010. The standard InChI is InChI=1S/C15H12N2O6S/c18-17(19)12-8-11(6-7-24(20,21)22)14-13(9-12)16-15(23-14)10-4-2-1-3-5-10/h1-5,8-9H,6-7H2,(H,20,21,22). The summed E-state index contributed by atoms with van der Waals surface area (Å²) in [5, 5.41) is 11.1. The fraction of sp³-hybridized carbons (Fsp3) is 0.133. The van der Waals surface area contributed by atoms with Gasteiger partial charge in [0.1, 0.15) is 5.52 Å². The van der Waals surface area contributed by atoms with Gasteiger partial charge in [0.25, 0.3) is 15.8 Å². The lowest BCUT2D eigenvalue weighted by molar-refractivity contribution is -0.384. The van der Waals surface area contributed by atoms with E-state index in [2.05, 4.69) is 4.98 Å². The molecule has 0 atom stereocenters. The Morgan fingerprint density at radius 1 is 1.21 bits per heavy atom. The van der Waals surface area contributed by atoms with E-state index in [1.165, 1.54) is 12.1 Å². The Labute approximate surface area is 136 Å². The quantitative estimate of drug-likeness (QED) is 0.427. The molecule has 3 rings (SSSR count). The summed E-state index contributed by atoms with van der Waals surface area (Å²) in [6.45, 7) is 0. The number of hydrogen-bond acceptors (Lipinski definition) is 6. The highest BCUT2D eigenvalue weighted by molar-refractivity contribution is 7.85. The van der Waals surface area contributed by atoms with Crippen LogP contribution in [0.2, 0.25) is 0 Å². The zero-order chi connectivity index (χ0) is 17.3. The third-order valence-electron chi connectivity index (χ3n) is 3.41. The van der Waals surface area contributed by atoms with Crippen LogP contribution in [-0.2, 0) is 16.5 Å². The minimum atomic E-state index is -4.20. The van der Waals surface area contributed by atoms with Crippen LogP contribution < -0.4 is 0 Å². The van der Waals surface area contributed by atoms with Crippen LogP contribution in [0.3, 0.4) is 0 Å². The molecule has 0 unspecified atom stereocenters. The summed E-state index contributed by atoms with van der Waals surface area (Å²) in [6, 6.07) is 11.5. The Balaban J connectivity index is 2.13. The molecule has 1 N–H and O–H groups in total. The molecule has 0 bridgehead atoms. The van der Waals surface area contributed by atoms with E-state index >= 15 is 0 Å². The molecule has 9 heteroatoms. The van der Waals surface area contributed by atoms with Crippen molar-refractivity contribution in [3.8, 4) is 11.5 Å². The van der Waals surface area contributed by atoms with Gasteiger partial charge in [-0.25, -0.2) is 4.98 Å². The second-order valence-corrected chi connectivity index (χ2v) is 6.70. The number of aryl methyl sites for hydroxylation is 1. The van der Waals surface area contributed by atoms with Crippen LogP contribution in [-0.4, -0.2) is 28.6 Å². The Kier molecular flexibility index (Phi) is 4.04. The number of nitro groups is 1. The first-order valence-electron chi connectivity index (χ1n) is 6.92. The van der Waals surface area contributed by atoms with Gasteiger partial charge in [-0.2, -0.15) is 8.42 Å². The lowest BCUT2D eigenvalue weighted by Gasteiger charge is -2.01. The van der Waals surface area contributed by atoms with Crippen molar-refractivity contribution in [2.45, 2.75) is 6.42 Å². The van der Waals surface area contributed by atoms with Gasteiger partial charge in [-0.05, 0) is 18.6 Å². The third-order valence-corrected chi connectivity index (χ3v) is 4.13. The van der Waals surface area contributed by atoms with E-state index in [-0.39, 0.29) is 29.1 Å². The number of nitrogens with zero attached hydrogens (tertiary/aromatic N) is 2. The minimum absolute atomic E-state index is 0.125. The number of rotatable bonds is 5. The van der Waals surface area contributed by atoms with Gasteiger partial charge in [-0.3, -0.25) is 14.7 Å². The molecule has 2 aromatic carbocycles. The number of fused-ring (bicyclic) bond motifs is 1. The molecule has 1 heterocycles. The summed E-state index contributed by atoms with van der Waals surface area (Å²) in [7, 11) is -4.20. The van der Waals surface area contributed by atoms with Gasteiger partial charge in [0.2, 0.25) is 5.89 Å². The molecule has 3 aromatic rings. The Morgan fingerprint density at radius 3 is 2.54 bits per heavy atom. The summed E-state index contributed by atoms with van der Waals surface area (Å²) < 4.78 is 36.5. The number of aromatic nitrogens is 1. The number of hydrogen-bond donors (Lipinski definition) is 1. The molecule has 124 valence electrons. The normalized spacial score (nSPS) is 11.7. The predicted molar refractivity (Wildman–Crippen MR) is 86.2 cm³/mol. The number of non-ortho nitro benzene ring substituents is 1. The monoisotopic (exact) mass is 348 g/mol. The summed E-state index contributed by atoms with van der Waals surface area (Å²) in [5.41, 5.74) is 1.29. The van der Waals surface area contributed by atoms with Crippen LogP contribution in [0.5, 0.6) is 0 Å². The number of nitro benzene ring substituents is 1. The number of benzene rings is 2. The van der Waals surface area contributed by atoms with Crippen molar-refractivity contribution < 1.29 is 22.3 Å². The van der Waals surface area contributed by atoms with Crippen LogP contribution in [0.15, 0.2) is 46.9 Å². The molecular formula is C15H12N2O6S. The molecule has 0 aliphatic carbocycles. The number of oxazole rings is 1. The van der Waals surface area contributed by atoms with E-state index < -0.39 is 20.8 Å². The third kappa shape index (κ3) is 3.42. The van der Waals surface area contributed by atoms with Gasteiger partial charge in [-0.15, -0.1) is 0 Å². The zero-order valence-electron chi connectivity index (χ0n) is 12.2. The molecule has 1 aromatic heterocycles. The van der Waals surface area contributed by atoms with E-state index in [9.17, 15) is 18.5 Å². The van der Waals surface area contributed by atoms with Gasteiger partial charge < -0.3 is 4.42 Å². The Morgan fingerprint density at radius 2 is 1.92 bits per heavy atom. The first kappa shape index (κ1) is 16.1. The van der Waals surface area contributed by atoms with Crippen LogP contribution in [0.25, 0.3) is 22.6 Å². The lowest BCUT2D eigenvalue weighted by atomic mass is 10.1. The molecule has 0 saturated carbocycles. The summed E-state index contributed by atoms with van der Waals surface area (Å²) in [5.74, 6) is -0.288. The molecule has 0 spiro atoms. The summed E-state index contributed by atoms with van der Waals surface area (Å²) in [4.78, 5) is 14.7. The largest absolute Gasteiger partial charge is 0.436 e. The minimum Gasteiger partial charge on any atom is -0.436 e. The molecular weight excluding hydrogens is 336 g/mol. The SMILES string of the molecule is O=[N+]([O-])c1cc(CCS(=O)(=O)O)c2oc(-c3ccccc3)nc2c1. The molecule has 24 heavy (non-hydrogen) atoms. The maximum absolute atomic E-state index is 11.1. The second-order valence-electron chi connectivity index (χ2n) is 5.13. The first-order chi connectivity index (χ1) is 11.3. The predicted octanol–water partition coefficient (Wildman–Crippen LogP) is 2.83. The van der Waals surface area contributed by atoms with Crippen molar-refractivity contribution in [3.05, 3.63) is 58.1 Å². The van der Waals surface area contributed by atoms with Crippen LogP contribution in [0.1, 0.15) is 5.56 Å². The van der Waals surface area contributed by atoms with Gasteiger partial charge in [-0.1, -0.05) is 18.2 Å². The highest BCUT2D eigenvalue weighted by Gasteiger charge is 2.19. The highest BCUT2D eigenvalue weighted by Crippen LogP contribution is 2.30. The molecule has 0 saturated heterocycles. The highest BCUT2D eigenvalue weighted by atomic mass is 32.2. The van der Waals surface area contributed by atoms with Gasteiger partial charge in [0, 0.05) is 23.3 Å². The fourth-order valence-corrected chi connectivity index (χ4v) is 2.80. The second kappa shape index (κ2) is 6.02. The van der Waals surface area contributed by atoms with E-state index in [1.807, 2.05) is 6.07 Å². The molecule has 0 radical (unpaired) electrons. The van der Waals surface area contributed by atoms with Crippen LogP contribution >= 0.6 is 0 Å². The van der Waals surface area contributed by atoms with Crippen molar-refractivity contribution in [3.63, 3.8) is 0 Å². The van der Waals surface area contributed by atoms with Crippen molar-refractivity contribution in [1.82, 2.24) is 4.98 Å². The van der Waals surface area contributed by atoms with E-state index in [4.69, 9.17) is 8.97 Å². The fourth-order valence-electron chi connectivity index (χ4n) is 2.32. The lowest BCUT2D eigenvalue weighted by Crippen LogP contribution is -2.07. The smallest absolute Gasteiger partial charge is 0.272 e. The van der Waals surface area contributed by atoms with Gasteiger partial charge in [0.05, 0.1) is 10.7 Å². The van der Waals surface area contributed by atoms with Gasteiger partial charge >= 0.3 is 0 Å². The molecule has 0 aliphatic rings. The van der Waals surface area contributed by atoms with Crippen molar-refractivity contribution >= 4 is 26.9 Å². The average Bonchev–Trinajstić information content (AvgIpc) is 2.96. The van der Waals surface area contributed by atoms with Crippen LogP contribution in [0, 0.1) is 10.1 Å². The van der Waals surface area contributed by atoms with E-state index in [0.29, 0.717) is 11.1 Å². The maximum atomic E-state index is 11.1. The van der Waals surface area contributed by atoms with E-state index in [1.54, 1.807) is 24.3 Å². The molecule has 0 fully saturated rings. The van der Waals surface area contributed by atoms with Gasteiger partial charge in [0.15, 0.2) is 5.58 Å².